The highest BCUT2D eigenvalue weighted by Crippen LogP contribution is 2.43. The summed E-state index contributed by atoms with van der Waals surface area (Å²) in [6.07, 6.45) is -57.0. The van der Waals surface area contributed by atoms with Crippen LogP contribution in [0.3, 0.4) is 0 Å². The van der Waals surface area contributed by atoms with Crippen molar-refractivity contribution in [2.75, 3.05) is 0 Å². The maximum atomic E-state index is 13.3. The van der Waals surface area contributed by atoms with Crippen LogP contribution in [0.15, 0.2) is 12.2 Å². The summed E-state index contributed by atoms with van der Waals surface area (Å²) in [5, 5.41) is 66.1. The van der Waals surface area contributed by atoms with Crippen LogP contribution in [0.5, 0.6) is 0 Å². The zero-order valence-corrected chi connectivity index (χ0v) is 36.9. The summed E-state index contributed by atoms with van der Waals surface area (Å²) >= 11 is 0. The highest BCUT2D eigenvalue weighted by atomic mass is 19.4. The molecule has 0 radical (unpaired) electrons. The molecule has 6 unspecified atom stereocenters. The third-order valence-electron chi connectivity index (χ3n) is 7.40. The third-order valence-corrected chi connectivity index (χ3v) is 7.40. The predicted molar refractivity (Wildman–Crippen MR) is 187 cm³/mol. The molecular formula is C34H46F26O12. The number of carbonyl (C=O) groups is 3. The molecule has 0 heterocycles. The maximum absolute atomic E-state index is 13.3. The van der Waals surface area contributed by atoms with Gasteiger partial charge in [0.05, 0.1) is 0 Å². The van der Waals surface area contributed by atoms with Gasteiger partial charge >= 0.3 is 78.3 Å². The molecule has 0 spiro atoms. The van der Waals surface area contributed by atoms with Gasteiger partial charge in [0.2, 0.25) is 18.3 Å². The SMILES string of the molecule is C=C(C)C(=O)OC(CC)C(F)(F)C(O)C(F)(F)F.CCC(O)C(F)(F)C(=O)C(F)(F)F.CCC(O)C(F)(F)C(O)(O)C(F)(F)F.CCC(O)C(F)(F)C(O)C(F)(F)F.CCC=O.OC(C(F)(F)F)C(F)(F)F. The number of aldehydes is 1. The Morgan fingerprint density at radius 1 is 0.500 bits per heavy atom. The Kier molecular flexibility index (Phi) is 33.3. The van der Waals surface area contributed by atoms with Gasteiger partial charge < -0.3 is 50.4 Å². The first kappa shape index (κ1) is 79.8. The van der Waals surface area contributed by atoms with Crippen molar-refractivity contribution in [1.29, 1.82) is 0 Å². The quantitative estimate of drug-likeness (QED) is 0.0257. The zero-order chi connectivity index (χ0) is 60.2. The summed E-state index contributed by atoms with van der Waals surface area (Å²) < 4.78 is 312. The lowest BCUT2D eigenvalue weighted by molar-refractivity contribution is -0.428. The molecule has 0 aliphatic carbocycles. The number of Topliss-reactive ketones (excluding diaryl/α,β-unsaturated/α-hetero) is 1. The number of aliphatic hydroxyl groups is 8. The highest BCUT2D eigenvalue weighted by molar-refractivity contribution is 5.91. The van der Waals surface area contributed by atoms with E-state index in [1.165, 1.54) is 0 Å². The minimum Gasteiger partial charge on any atom is -0.453 e. The second-order valence-corrected chi connectivity index (χ2v) is 13.4. The number of ketones is 1. The van der Waals surface area contributed by atoms with E-state index in [1.54, 1.807) is 0 Å². The Morgan fingerprint density at radius 3 is 0.986 bits per heavy atom. The Balaban J connectivity index is -0.000000187. The van der Waals surface area contributed by atoms with Gasteiger partial charge in [-0.05, 0) is 32.6 Å². The van der Waals surface area contributed by atoms with E-state index in [1.807, 2.05) is 6.92 Å². The average molecular weight is 1140 g/mol. The fraction of sp³-hybridized carbons (Fsp3) is 0.853. The Hall–Kier alpha value is -3.59. The van der Waals surface area contributed by atoms with Crippen molar-refractivity contribution >= 4 is 18.0 Å². The predicted octanol–water partition coefficient (Wildman–Crippen LogP) is 7.99. The van der Waals surface area contributed by atoms with Crippen LogP contribution in [0.2, 0.25) is 0 Å². The number of halogens is 26. The molecule has 38 heteroatoms. The molecule has 72 heavy (non-hydrogen) atoms. The van der Waals surface area contributed by atoms with E-state index in [0.717, 1.165) is 40.9 Å². The molecule has 0 fully saturated rings. The summed E-state index contributed by atoms with van der Waals surface area (Å²) in [7, 11) is 0. The van der Waals surface area contributed by atoms with Crippen LogP contribution in [0.4, 0.5) is 114 Å². The van der Waals surface area contributed by atoms with Crippen molar-refractivity contribution in [3.63, 3.8) is 0 Å². The van der Waals surface area contributed by atoms with Crippen molar-refractivity contribution < 1.29 is 174 Å². The summed E-state index contributed by atoms with van der Waals surface area (Å²) in [4.78, 5) is 30.2. The largest absolute Gasteiger partial charge is 0.456 e. The smallest absolute Gasteiger partial charge is 0.453 e. The second kappa shape index (κ2) is 30.1. The van der Waals surface area contributed by atoms with Gasteiger partial charge in [-0.1, -0.05) is 41.2 Å². The summed E-state index contributed by atoms with van der Waals surface area (Å²) in [5.74, 6) is -28.7. The van der Waals surface area contributed by atoms with Crippen molar-refractivity contribution in [2.45, 2.75) is 183 Å². The van der Waals surface area contributed by atoms with Crippen LogP contribution in [0.25, 0.3) is 0 Å². The number of esters is 1. The molecule has 0 bridgehead atoms. The monoisotopic (exact) mass is 1140 g/mol. The minimum atomic E-state index is -5.94. The number of hydrogen-bond acceptors (Lipinski definition) is 12. The third kappa shape index (κ3) is 26.6. The fourth-order valence-electron chi connectivity index (χ4n) is 3.19. The fourth-order valence-corrected chi connectivity index (χ4v) is 3.19. The number of carbonyl (C=O) groups excluding carboxylic acids is 3. The average Bonchev–Trinajstić information content (AvgIpc) is 3.21. The van der Waals surface area contributed by atoms with Crippen LogP contribution in [-0.2, 0) is 19.1 Å². The standard InChI is InChI=1S/C10H13F5O3.C6H9F5O3.C6H9F5O2.C6H7F5O2.C3H2F6O.C3H6O/c1-4-6(18-7(16)5(2)3)9(11,12)8(17)10(13,14)15;1-2-3(12)4(7,8)5(13,14)6(9,10)11;2*1-2-3(12)5(7,8)4(13)6(9,10)11;4-2(5,6)1(10)3(7,8)9;1-2-3-4/h6,8,17H,2,4H2,1,3H3;3,12-14H,2H2,1H3;3-4,12-13H,2H2,1H3;3,12H,2H2,1H3;1,10H;3H,2H2,1H3. The van der Waals surface area contributed by atoms with E-state index in [9.17, 15) is 129 Å². The molecule has 8 N–H and O–H groups in total. The number of aliphatic hydroxyl groups excluding tert-OH is 6. The summed E-state index contributed by atoms with van der Waals surface area (Å²) in [6, 6.07) is 0. The van der Waals surface area contributed by atoms with Gasteiger partial charge in [0.1, 0.15) is 24.6 Å². The van der Waals surface area contributed by atoms with Crippen LogP contribution < -0.4 is 0 Å². The highest BCUT2D eigenvalue weighted by Gasteiger charge is 2.71. The molecular weight excluding hydrogens is 1090 g/mol. The van der Waals surface area contributed by atoms with Crippen molar-refractivity contribution in [2.24, 2.45) is 0 Å². The van der Waals surface area contributed by atoms with Gasteiger partial charge in [-0.2, -0.15) is 105 Å². The lowest BCUT2D eigenvalue weighted by atomic mass is 10.0. The molecule has 0 amide bonds. The molecule has 0 aliphatic heterocycles. The number of hydrogen-bond donors (Lipinski definition) is 8. The molecule has 12 nitrogen and oxygen atoms in total. The first-order chi connectivity index (χ1) is 31.3. The molecule has 436 valence electrons. The molecule has 0 saturated heterocycles. The van der Waals surface area contributed by atoms with Gasteiger partial charge in [0.15, 0.2) is 6.10 Å². The maximum Gasteiger partial charge on any atom is 0.456 e. The zero-order valence-electron chi connectivity index (χ0n) is 36.9. The Labute approximate surface area is 387 Å². The van der Waals surface area contributed by atoms with Crippen molar-refractivity contribution in [1.82, 2.24) is 0 Å². The molecule has 0 aliphatic rings. The van der Waals surface area contributed by atoms with E-state index >= 15 is 0 Å². The molecule has 0 aromatic heterocycles. The molecule has 0 saturated carbocycles. The lowest BCUT2D eigenvalue weighted by Gasteiger charge is -2.34. The molecule has 6 atom stereocenters. The number of ether oxygens (including phenoxy) is 1. The van der Waals surface area contributed by atoms with Crippen molar-refractivity contribution in [3.8, 4) is 0 Å². The van der Waals surface area contributed by atoms with E-state index in [0.29, 0.717) is 6.42 Å². The van der Waals surface area contributed by atoms with Crippen LogP contribution >= 0.6 is 0 Å². The van der Waals surface area contributed by atoms with E-state index in [-0.39, 0.29) is 5.57 Å². The minimum absolute atomic E-state index is 0.231. The Morgan fingerprint density at radius 2 is 0.792 bits per heavy atom. The summed E-state index contributed by atoms with van der Waals surface area (Å²) in [5.41, 5.74) is -0.231. The van der Waals surface area contributed by atoms with Gasteiger partial charge in [0.25, 0.3) is 0 Å². The van der Waals surface area contributed by atoms with E-state index < -0.39 is 147 Å². The first-order valence-corrected chi connectivity index (χ1v) is 18.6. The van der Waals surface area contributed by atoms with Gasteiger partial charge in [-0.25, -0.2) is 13.6 Å². The normalized spacial score (nSPS) is 15.8. The molecule has 0 aromatic rings. The topological polar surface area (TPSA) is 222 Å². The van der Waals surface area contributed by atoms with Gasteiger partial charge in [-0.3, -0.25) is 4.79 Å². The van der Waals surface area contributed by atoms with Crippen LogP contribution in [-0.4, -0.2) is 168 Å². The van der Waals surface area contributed by atoms with E-state index in [2.05, 4.69) is 11.3 Å². The number of alkyl halides is 26. The Bertz CT molecular complexity index is 1560. The lowest BCUT2D eigenvalue weighted by Crippen LogP contribution is -2.63. The first-order valence-electron chi connectivity index (χ1n) is 18.6. The van der Waals surface area contributed by atoms with Gasteiger partial charge in [0, 0.05) is 12.0 Å². The van der Waals surface area contributed by atoms with Crippen molar-refractivity contribution in [3.05, 3.63) is 12.2 Å². The number of rotatable bonds is 15. The van der Waals surface area contributed by atoms with Gasteiger partial charge in [-0.15, -0.1) is 0 Å². The summed E-state index contributed by atoms with van der Waals surface area (Å²) in [6.45, 7) is 10.3. The van der Waals surface area contributed by atoms with E-state index in [4.69, 9.17) is 40.9 Å². The van der Waals surface area contributed by atoms with Crippen LogP contribution in [0.1, 0.15) is 73.6 Å². The molecule has 0 rings (SSSR count). The van der Waals surface area contributed by atoms with Crippen LogP contribution in [0, 0.1) is 0 Å². The molecule has 0 aromatic carbocycles. The second-order valence-electron chi connectivity index (χ2n) is 13.4.